The van der Waals surface area contributed by atoms with E-state index in [2.05, 4.69) is 10.6 Å². The Bertz CT molecular complexity index is 405. The first-order valence-electron chi connectivity index (χ1n) is 9.43. The minimum Gasteiger partial charge on any atom is -0.651 e. The molecule has 0 unspecified atom stereocenters. The first-order chi connectivity index (χ1) is 11.8. The molecule has 6 nitrogen and oxygen atoms in total. The Morgan fingerprint density at radius 2 is 1.41 bits per heavy atom. The van der Waals surface area contributed by atoms with Gasteiger partial charge in [0.2, 0.25) is 6.09 Å². The topological polar surface area (TPSA) is 88.6 Å². The predicted molar refractivity (Wildman–Crippen MR) is 99.9 cm³/mol. The largest absolute Gasteiger partial charge is 1.00 e. The molecule has 0 aromatic rings. The first kappa shape index (κ1) is 33.7. The van der Waals surface area contributed by atoms with Crippen LogP contribution < -0.4 is 116 Å². The van der Waals surface area contributed by atoms with Crippen LogP contribution in [0.2, 0.25) is 0 Å². The number of rotatable bonds is 14. The number of nitrogens with zero attached hydrogens (tertiary/aromatic N) is 2. The van der Waals surface area contributed by atoms with Crippen molar-refractivity contribution in [1.82, 2.24) is 0 Å². The number of carbonyl (C=O) groups excluding carboxylic acids is 3. The fourth-order valence-corrected chi connectivity index (χ4v) is 2.16. The van der Waals surface area contributed by atoms with Gasteiger partial charge in [0, 0.05) is 12.3 Å². The van der Waals surface area contributed by atoms with Gasteiger partial charge in [0.1, 0.15) is 5.78 Å². The Morgan fingerprint density at radius 1 is 0.815 bits per heavy atom. The molecule has 0 N–H and O–H groups in total. The van der Waals surface area contributed by atoms with Crippen LogP contribution in [-0.4, -0.2) is 37.0 Å². The Kier molecular flexibility index (Phi) is 28.3. The Morgan fingerprint density at radius 3 is 2.00 bits per heavy atom. The van der Waals surface area contributed by atoms with E-state index in [9.17, 15) is 14.4 Å². The molecule has 0 spiro atoms. The molecule has 0 rings (SSSR count). The number of Topliss-reactive ketones (excluding diaryl/α,β-unsaturated/α-hetero) is 1. The van der Waals surface area contributed by atoms with E-state index in [1.54, 1.807) is 0 Å². The van der Waals surface area contributed by atoms with E-state index in [1.807, 2.05) is 27.7 Å². The second-order valence-corrected chi connectivity index (χ2v) is 6.86. The minimum atomic E-state index is -0.524. The second kappa shape index (κ2) is 22.7. The van der Waals surface area contributed by atoms with Gasteiger partial charge < -0.3 is 20.2 Å². The van der Waals surface area contributed by atoms with Gasteiger partial charge >= 0.3 is 116 Å². The third kappa shape index (κ3) is 24.2. The summed E-state index contributed by atoms with van der Waals surface area (Å²) in [5.41, 5.74) is 0. The fraction of sp³-hybridized carbons (Fsp3) is 0.842. The normalized spacial score (nSPS) is 10.0. The van der Waals surface area contributed by atoms with Crippen molar-refractivity contribution in [3.8, 4) is 0 Å². The molecule has 0 aliphatic rings. The first-order valence-corrected chi connectivity index (χ1v) is 9.43. The average Bonchev–Trinajstić information content (AvgIpc) is 2.52. The van der Waals surface area contributed by atoms with Gasteiger partial charge in [0.15, 0.2) is 0 Å². The van der Waals surface area contributed by atoms with Crippen LogP contribution in [0.15, 0.2) is 0 Å². The zero-order chi connectivity index (χ0) is 19.1. The molecule has 27 heavy (non-hydrogen) atoms. The number of hydrogen-bond donors (Lipinski definition) is 0. The maximum absolute atomic E-state index is 11.4. The van der Waals surface area contributed by atoms with E-state index in [-0.39, 0.29) is 140 Å². The van der Waals surface area contributed by atoms with Crippen LogP contribution in [0.3, 0.4) is 0 Å². The van der Waals surface area contributed by atoms with Crippen molar-refractivity contribution < 1.29 is 135 Å². The van der Waals surface area contributed by atoms with Crippen LogP contribution in [0.4, 0.5) is 4.79 Å². The molecule has 0 aliphatic carbocycles. The maximum atomic E-state index is 11.4. The van der Waals surface area contributed by atoms with E-state index in [4.69, 9.17) is 4.74 Å². The minimum absolute atomic E-state index is 0. The van der Waals surface area contributed by atoms with Crippen molar-refractivity contribution in [1.29, 1.82) is 0 Å². The van der Waals surface area contributed by atoms with Crippen LogP contribution in [0.25, 0.3) is 10.6 Å². The van der Waals surface area contributed by atoms with Gasteiger partial charge in [-0.3, -0.25) is 9.59 Å². The Hall–Kier alpha value is 2.02. The van der Waals surface area contributed by atoms with Gasteiger partial charge in [-0.25, -0.2) is 0 Å². The molecule has 0 heterocycles. The average molecular weight is 525 g/mol. The van der Waals surface area contributed by atoms with Crippen LogP contribution in [0.1, 0.15) is 79.1 Å². The summed E-state index contributed by atoms with van der Waals surface area (Å²) >= 11 is 0. The van der Waals surface area contributed by atoms with Gasteiger partial charge in [0.25, 0.3) is 0 Å². The summed E-state index contributed by atoms with van der Waals surface area (Å²) in [5.74, 6) is 0.326. The van der Waals surface area contributed by atoms with Gasteiger partial charge in [-0.15, -0.1) is 12.6 Å². The molecule has 0 saturated carbocycles. The summed E-state index contributed by atoms with van der Waals surface area (Å²) < 4.78 is 5.03. The summed E-state index contributed by atoms with van der Waals surface area (Å²) in [6, 6.07) is 0.0490. The van der Waals surface area contributed by atoms with Gasteiger partial charge in [-0.05, 0) is 32.1 Å². The molecule has 0 aromatic heterocycles. The second-order valence-electron chi connectivity index (χ2n) is 6.86. The molecule has 0 radical (unpaired) electrons. The third-order valence-electron chi connectivity index (χ3n) is 3.63. The van der Waals surface area contributed by atoms with Crippen LogP contribution in [-0.2, 0) is 14.3 Å². The van der Waals surface area contributed by atoms with Crippen molar-refractivity contribution in [3.63, 3.8) is 0 Å². The van der Waals surface area contributed by atoms with E-state index < -0.39 is 6.09 Å². The van der Waals surface area contributed by atoms with E-state index in [1.165, 1.54) is 0 Å². The number of ketones is 1. The van der Waals surface area contributed by atoms with Crippen molar-refractivity contribution in [2.24, 2.45) is 5.92 Å². The Balaban J connectivity index is -0.00000288. The molecule has 0 aliphatic heterocycles. The van der Waals surface area contributed by atoms with Gasteiger partial charge in [0.05, 0.1) is 12.5 Å². The van der Waals surface area contributed by atoms with Crippen molar-refractivity contribution >= 4 is 17.8 Å². The van der Waals surface area contributed by atoms with Crippen molar-refractivity contribution in [3.05, 3.63) is 10.6 Å². The fourth-order valence-electron chi connectivity index (χ4n) is 2.16. The summed E-state index contributed by atoms with van der Waals surface area (Å²) in [6.45, 7) is 8.36. The summed E-state index contributed by atoms with van der Waals surface area (Å²) in [5, 5.41) is 7.78. The van der Waals surface area contributed by atoms with E-state index in [0.29, 0.717) is 26.0 Å². The summed E-state index contributed by atoms with van der Waals surface area (Å²) in [6.07, 6.45) is 5.40. The Labute approximate surface area is 263 Å². The van der Waals surface area contributed by atoms with E-state index in [0.717, 1.165) is 38.5 Å². The summed E-state index contributed by atoms with van der Waals surface area (Å²) in [4.78, 5) is 34.2. The molecule has 0 saturated heterocycles. The molecular weight excluding hydrogens is 491 g/mol. The van der Waals surface area contributed by atoms with Crippen LogP contribution in [0, 0.1) is 5.92 Å². The summed E-state index contributed by atoms with van der Waals surface area (Å²) in [7, 11) is 0. The molecule has 146 valence electrons. The van der Waals surface area contributed by atoms with Crippen molar-refractivity contribution in [2.75, 3.05) is 13.2 Å². The number of hydrogen-bond acceptors (Lipinski definition) is 4. The molecule has 0 atom stereocenters. The monoisotopic (exact) mass is 524 g/mol. The van der Waals surface area contributed by atoms with Crippen LogP contribution in [0.5, 0.6) is 0 Å². The van der Waals surface area contributed by atoms with Gasteiger partial charge in [-0.1, -0.05) is 40.5 Å². The zero-order valence-corrected chi connectivity index (χ0v) is 28.1. The molecule has 8 heteroatoms. The maximum Gasteiger partial charge on any atom is 1.00 e. The van der Waals surface area contributed by atoms with Gasteiger partial charge in [-0.2, -0.15) is 0 Å². The predicted octanol–water partition coefficient (Wildman–Crippen LogP) is -0.841. The smallest absolute Gasteiger partial charge is 0.651 e. The standard InChI is InChI=1S/C19H36N2O4.2Rb/c1-15(2)17(22)11-7-6-10-14-25-19(24)20-13-9-5-8-12-18(23)21-16(3)4;;/h15-16H,5-14H2,1-4H3,(H2,20,21,23,24);;/q;2*+1/p-2. The quantitative estimate of drug-likeness (QED) is 0.277. The number of carbonyl (C=O) groups is 3. The zero-order valence-electron chi connectivity index (χ0n) is 18.3. The number of ether oxygens (including phenoxy) is 1. The number of amides is 2. The number of unbranched alkanes of at least 4 members (excludes halogenated alkanes) is 4. The third-order valence-corrected chi connectivity index (χ3v) is 3.63. The molecule has 0 bridgehead atoms. The van der Waals surface area contributed by atoms with E-state index >= 15 is 0 Å². The SMILES string of the molecule is CC(C)[N-]C(=O)CCCCC[N-]C(=O)OCCCCCC(=O)C(C)C.[Rb+].[Rb+]. The van der Waals surface area contributed by atoms with Crippen LogP contribution >= 0.6 is 0 Å². The molecule has 2 amide bonds. The molecule has 0 aromatic carbocycles. The molecular formula is C19H34N2O4Rb2. The van der Waals surface area contributed by atoms with Crippen molar-refractivity contribution in [2.45, 2.75) is 85.1 Å². The molecule has 0 fully saturated rings.